The zero-order valence-corrected chi connectivity index (χ0v) is 15.4. The number of aromatic nitrogens is 5. The summed E-state index contributed by atoms with van der Waals surface area (Å²) in [6.07, 6.45) is 8.21. The monoisotopic (exact) mass is 364 g/mol. The lowest BCUT2D eigenvalue weighted by molar-refractivity contribution is 0.0916. The molecule has 0 aliphatic heterocycles. The van der Waals surface area contributed by atoms with Gasteiger partial charge in [0.25, 0.3) is 5.91 Å². The number of nitrogens with zero attached hydrogens (tertiary/aromatic N) is 4. The first kappa shape index (κ1) is 17.5. The van der Waals surface area contributed by atoms with Crippen molar-refractivity contribution in [1.29, 1.82) is 0 Å². The minimum atomic E-state index is -0.0943. The molecule has 2 N–H and O–H groups in total. The van der Waals surface area contributed by atoms with E-state index in [1.807, 2.05) is 22.9 Å². The van der Waals surface area contributed by atoms with Gasteiger partial charge in [0.2, 0.25) is 0 Å². The second-order valence-electron chi connectivity index (χ2n) is 7.07. The Bertz CT molecular complexity index is 876. The van der Waals surface area contributed by atoms with Gasteiger partial charge in [0.15, 0.2) is 0 Å². The van der Waals surface area contributed by atoms with Gasteiger partial charge in [-0.15, -0.1) is 0 Å². The van der Waals surface area contributed by atoms with E-state index >= 15 is 0 Å². The van der Waals surface area contributed by atoms with Gasteiger partial charge in [-0.2, -0.15) is 10.2 Å². The first-order valence-corrected chi connectivity index (χ1v) is 9.52. The number of hydrogen-bond acceptors (Lipinski definition) is 4. The molecule has 2 heterocycles. The minimum Gasteiger partial charge on any atom is -0.348 e. The zero-order valence-electron chi connectivity index (χ0n) is 15.4. The standard InChI is InChI=1S/C20H24N6O/c1-2-14-3-5-15(6-4-14)18-11-19(25-24-18)20(27)23-16-7-9-17(10-8-16)26-13-21-12-22-26/h3-6,11-13,16-17H,2,7-10H2,1H3,(H,23,27)(H,24,25). The number of aromatic amines is 1. The van der Waals surface area contributed by atoms with E-state index in [4.69, 9.17) is 0 Å². The van der Waals surface area contributed by atoms with Crippen LogP contribution in [0.3, 0.4) is 0 Å². The highest BCUT2D eigenvalue weighted by atomic mass is 16.2. The Labute approximate surface area is 158 Å². The fraction of sp³-hybridized carbons (Fsp3) is 0.400. The summed E-state index contributed by atoms with van der Waals surface area (Å²) in [6, 6.07) is 10.7. The van der Waals surface area contributed by atoms with Gasteiger partial charge in [0.1, 0.15) is 18.3 Å². The maximum atomic E-state index is 12.6. The van der Waals surface area contributed by atoms with Crippen molar-refractivity contribution in [1.82, 2.24) is 30.3 Å². The number of hydrogen-bond donors (Lipinski definition) is 2. The third kappa shape index (κ3) is 3.92. The van der Waals surface area contributed by atoms with Crippen molar-refractivity contribution in [2.75, 3.05) is 0 Å². The Hall–Kier alpha value is -2.96. The average Bonchev–Trinajstić information content (AvgIpc) is 3.41. The highest BCUT2D eigenvalue weighted by Crippen LogP contribution is 2.27. The molecule has 1 aliphatic carbocycles. The highest BCUT2D eigenvalue weighted by molar-refractivity contribution is 5.93. The molecule has 4 rings (SSSR count). The van der Waals surface area contributed by atoms with Gasteiger partial charge in [0, 0.05) is 11.6 Å². The molecule has 0 bridgehead atoms. The van der Waals surface area contributed by atoms with Gasteiger partial charge < -0.3 is 5.32 Å². The second-order valence-corrected chi connectivity index (χ2v) is 7.07. The van der Waals surface area contributed by atoms with Crippen molar-refractivity contribution in [3.05, 3.63) is 54.2 Å². The van der Waals surface area contributed by atoms with Crippen LogP contribution in [0.4, 0.5) is 0 Å². The van der Waals surface area contributed by atoms with Crippen LogP contribution in [0.2, 0.25) is 0 Å². The largest absolute Gasteiger partial charge is 0.348 e. The van der Waals surface area contributed by atoms with E-state index in [2.05, 4.69) is 44.7 Å². The van der Waals surface area contributed by atoms with Crippen LogP contribution >= 0.6 is 0 Å². The van der Waals surface area contributed by atoms with Crippen LogP contribution in [0.25, 0.3) is 11.3 Å². The predicted molar refractivity (Wildman–Crippen MR) is 102 cm³/mol. The lowest BCUT2D eigenvalue weighted by Crippen LogP contribution is -2.38. The maximum absolute atomic E-state index is 12.6. The Morgan fingerprint density at radius 3 is 2.67 bits per heavy atom. The Morgan fingerprint density at radius 2 is 2.00 bits per heavy atom. The molecular formula is C20H24N6O. The molecule has 1 aliphatic rings. The quantitative estimate of drug-likeness (QED) is 0.728. The number of H-pyrrole nitrogens is 1. The molecule has 0 radical (unpaired) electrons. The van der Waals surface area contributed by atoms with Crippen molar-refractivity contribution < 1.29 is 4.79 Å². The molecule has 7 heteroatoms. The first-order valence-electron chi connectivity index (χ1n) is 9.52. The smallest absolute Gasteiger partial charge is 0.269 e. The van der Waals surface area contributed by atoms with E-state index in [1.54, 1.807) is 12.7 Å². The summed E-state index contributed by atoms with van der Waals surface area (Å²) in [4.78, 5) is 16.6. The topological polar surface area (TPSA) is 88.5 Å². The molecular weight excluding hydrogens is 340 g/mol. The van der Waals surface area contributed by atoms with Gasteiger partial charge in [-0.1, -0.05) is 31.2 Å². The van der Waals surface area contributed by atoms with Crippen molar-refractivity contribution in [3.63, 3.8) is 0 Å². The molecule has 1 fully saturated rings. The number of carbonyl (C=O) groups excluding carboxylic acids is 1. The first-order chi connectivity index (χ1) is 13.2. The van der Waals surface area contributed by atoms with Gasteiger partial charge in [-0.25, -0.2) is 9.67 Å². The molecule has 140 valence electrons. The van der Waals surface area contributed by atoms with Crippen molar-refractivity contribution in [2.45, 2.75) is 51.1 Å². The van der Waals surface area contributed by atoms with Crippen molar-refractivity contribution in [3.8, 4) is 11.3 Å². The molecule has 3 aromatic rings. The lowest BCUT2D eigenvalue weighted by Gasteiger charge is -2.28. The number of nitrogens with one attached hydrogen (secondary N) is 2. The van der Waals surface area contributed by atoms with Gasteiger partial charge >= 0.3 is 0 Å². The van der Waals surface area contributed by atoms with Crippen LogP contribution < -0.4 is 5.32 Å². The summed E-state index contributed by atoms with van der Waals surface area (Å²) in [7, 11) is 0. The van der Waals surface area contributed by atoms with Crippen LogP contribution in [-0.2, 0) is 6.42 Å². The fourth-order valence-corrected chi connectivity index (χ4v) is 3.65. The summed E-state index contributed by atoms with van der Waals surface area (Å²) >= 11 is 0. The van der Waals surface area contributed by atoms with E-state index in [0.717, 1.165) is 43.4 Å². The molecule has 1 amide bonds. The molecule has 27 heavy (non-hydrogen) atoms. The van der Waals surface area contributed by atoms with Gasteiger partial charge in [0.05, 0.1) is 11.7 Å². The fourth-order valence-electron chi connectivity index (χ4n) is 3.65. The molecule has 0 unspecified atom stereocenters. The molecule has 0 atom stereocenters. The van der Waals surface area contributed by atoms with Crippen LogP contribution in [0.15, 0.2) is 43.0 Å². The van der Waals surface area contributed by atoms with Crippen LogP contribution in [-0.4, -0.2) is 36.9 Å². The summed E-state index contributed by atoms with van der Waals surface area (Å²) < 4.78 is 1.92. The number of carbonyl (C=O) groups is 1. The predicted octanol–water partition coefficient (Wildman–Crippen LogP) is 3.14. The molecule has 0 saturated heterocycles. The summed E-state index contributed by atoms with van der Waals surface area (Å²) in [5.74, 6) is -0.0943. The highest BCUT2D eigenvalue weighted by Gasteiger charge is 2.24. The van der Waals surface area contributed by atoms with E-state index in [-0.39, 0.29) is 11.9 Å². The second kappa shape index (κ2) is 7.73. The van der Waals surface area contributed by atoms with Crippen LogP contribution in [0, 0.1) is 0 Å². The Kier molecular flexibility index (Phi) is 5.00. The number of amides is 1. The van der Waals surface area contributed by atoms with E-state index in [9.17, 15) is 4.79 Å². The van der Waals surface area contributed by atoms with Crippen LogP contribution in [0.5, 0.6) is 0 Å². The zero-order chi connectivity index (χ0) is 18.6. The van der Waals surface area contributed by atoms with Crippen molar-refractivity contribution >= 4 is 5.91 Å². The third-order valence-electron chi connectivity index (χ3n) is 5.32. The minimum absolute atomic E-state index is 0.0943. The molecule has 7 nitrogen and oxygen atoms in total. The van der Waals surface area contributed by atoms with Crippen molar-refractivity contribution in [2.24, 2.45) is 0 Å². The summed E-state index contributed by atoms with van der Waals surface area (Å²) in [5.41, 5.74) is 3.59. The summed E-state index contributed by atoms with van der Waals surface area (Å²) in [5, 5.41) is 14.5. The number of benzene rings is 1. The Balaban J connectivity index is 1.34. The maximum Gasteiger partial charge on any atom is 0.269 e. The third-order valence-corrected chi connectivity index (χ3v) is 5.32. The SMILES string of the molecule is CCc1ccc(-c2cc(C(=O)NC3CCC(n4cncn4)CC3)[nH]n2)cc1. The molecule has 2 aromatic heterocycles. The summed E-state index contributed by atoms with van der Waals surface area (Å²) in [6.45, 7) is 2.13. The Morgan fingerprint density at radius 1 is 1.22 bits per heavy atom. The molecule has 0 spiro atoms. The normalized spacial score (nSPS) is 19.7. The molecule has 1 saturated carbocycles. The molecule has 1 aromatic carbocycles. The average molecular weight is 364 g/mol. The van der Waals surface area contributed by atoms with Gasteiger partial charge in [-0.05, 0) is 43.7 Å². The number of rotatable bonds is 5. The van der Waals surface area contributed by atoms with E-state index in [0.29, 0.717) is 11.7 Å². The van der Waals surface area contributed by atoms with E-state index < -0.39 is 0 Å². The van der Waals surface area contributed by atoms with Crippen LogP contribution in [0.1, 0.15) is 54.7 Å². The lowest BCUT2D eigenvalue weighted by atomic mass is 9.91. The number of aryl methyl sites for hydroxylation is 1. The van der Waals surface area contributed by atoms with E-state index in [1.165, 1.54) is 5.56 Å². The van der Waals surface area contributed by atoms with Gasteiger partial charge in [-0.3, -0.25) is 9.89 Å².